The number of amides is 1. The largest absolute Gasteiger partial charge is 0.389 e. The molecule has 4 rings (SSSR count). The molecule has 0 saturated carbocycles. The summed E-state index contributed by atoms with van der Waals surface area (Å²) in [5, 5.41) is 13.5. The topological polar surface area (TPSA) is 105 Å². The lowest BCUT2D eigenvalue weighted by Gasteiger charge is -2.43. The fourth-order valence-corrected chi connectivity index (χ4v) is 6.29. The summed E-state index contributed by atoms with van der Waals surface area (Å²) in [7, 11) is -3.93. The van der Waals surface area contributed by atoms with E-state index in [1.165, 1.54) is 16.4 Å². The highest BCUT2D eigenvalue weighted by Crippen LogP contribution is 2.32. The third-order valence-corrected chi connectivity index (χ3v) is 7.93. The summed E-state index contributed by atoms with van der Waals surface area (Å²) in [4.78, 5) is 12.5. The highest BCUT2D eigenvalue weighted by molar-refractivity contribution is 7.89. The number of hydrogen-bond donors (Lipinski definition) is 2. The number of sulfonamides is 1. The average molecular weight is 495 g/mol. The Balaban J connectivity index is 1.49. The molecule has 2 saturated heterocycles. The first-order valence-corrected chi connectivity index (χ1v) is 12.7. The number of para-hydroxylation sites is 1. The van der Waals surface area contributed by atoms with Crippen LogP contribution in [0.2, 0.25) is 5.02 Å². The lowest BCUT2D eigenvalue weighted by atomic mass is 9.96. The molecule has 8 nitrogen and oxygen atoms in total. The normalized spacial score (nSPS) is 26.6. The van der Waals surface area contributed by atoms with E-state index in [4.69, 9.17) is 21.1 Å². The number of benzene rings is 2. The minimum Gasteiger partial charge on any atom is -0.389 e. The van der Waals surface area contributed by atoms with Crippen molar-refractivity contribution in [2.45, 2.75) is 48.5 Å². The van der Waals surface area contributed by atoms with Crippen LogP contribution < -0.4 is 5.32 Å². The standard InChI is InChI=1S/C23H27ClN2O6S/c24-16-5-4-8-20(11-16)33(29,30)26-13-18(27)14-31-15-22-21(26)10-9-19(32-22)12-23(28)25-17-6-2-1-3-7-17/h1-8,11,18-19,21-22,27H,9-10,12-15H2,(H,25,28)/t18-,19+,21+,22-/m1/s1. The van der Waals surface area contributed by atoms with Crippen molar-refractivity contribution < 1.29 is 27.8 Å². The Morgan fingerprint density at radius 1 is 1.12 bits per heavy atom. The number of nitrogens with one attached hydrogen (secondary N) is 1. The Labute approximate surface area is 198 Å². The van der Waals surface area contributed by atoms with Crippen LogP contribution in [0.5, 0.6) is 0 Å². The Kier molecular flexibility index (Phi) is 7.68. The quantitative estimate of drug-likeness (QED) is 0.662. The lowest BCUT2D eigenvalue weighted by molar-refractivity contribution is -0.144. The number of aliphatic hydroxyl groups excluding tert-OH is 1. The number of hydrogen-bond acceptors (Lipinski definition) is 6. The first-order valence-electron chi connectivity index (χ1n) is 10.9. The zero-order chi connectivity index (χ0) is 23.4. The van der Waals surface area contributed by atoms with Gasteiger partial charge in [0.05, 0.1) is 48.9 Å². The molecule has 2 fully saturated rings. The molecule has 2 aromatic carbocycles. The first-order chi connectivity index (χ1) is 15.8. The van der Waals surface area contributed by atoms with E-state index >= 15 is 0 Å². The van der Waals surface area contributed by atoms with E-state index in [9.17, 15) is 18.3 Å². The van der Waals surface area contributed by atoms with Gasteiger partial charge in [0.2, 0.25) is 15.9 Å². The van der Waals surface area contributed by atoms with Crippen molar-refractivity contribution >= 4 is 33.2 Å². The summed E-state index contributed by atoms with van der Waals surface area (Å²) in [5.74, 6) is -0.171. The number of aliphatic hydroxyl groups is 1. The molecule has 2 aliphatic heterocycles. The molecule has 2 aliphatic rings. The highest BCUT2D eigenvalue weighted by atomic mass is 35.5. The molecule has 2 N–H and O–H groups in total. The lowest BCUT2D eigenvalue weighted by Crippen LogP contribution is -2.57. The van der Waals surface area contributed by atoms with Crippen molar-refractivity contribution in [3.05, 3.63) is 59.6 Å². The van der Waals surface area contributed by atoms with E-state index < -0.39 is 28.3 Å². The number of ether oxygens (including phenoxy) is 2. The molecule has 0 aliphatic carbocycles. The van der Waals surface area contributed by atoms with Crippen LogP contribution in [0.3, 0.4) is 0 Å². The Hall–Kier alpha value is -2.01. The SMILES string of the molecule is O=C(C[C@@H]1CC[C@H]2[C@@H](COC[C@H](O)CN2S(=O)(=O)c2cccc(Cl)c2)O1)Nc1ccccc1. The smallest absolute Gasteiger partial charge is 0.243 e. The predicted octanol–water partition coefficient (Wildman–Crippen LogP) is 2.67. The van der Waals surface area contributed by atoms with Gasteiger partial charge in [0.15, 0.2) is 0 Å². The Morgan fingerprint density at radius 3 is 2.67 bits per heavy atom. The van der Waals surface area contributed by atoms with Gasteiger partial charge >= 0.3 is 0 Å². The van der Waals surface area contributed by atoms with Gasteiger partial charge in [0, 0.05) is 17.3 Å². The van der Waals surface area contributed by atoms with E-state index in [0.717, 1.165) is 0 Å². The first kappa shape index (κ1) is 24.1. The summed E-state index contributed by atoms with van der Waals surface area (Å²) >= 11 is 6.02. The molecular weight excluding hydrogens is 468 g/mol. The summed E-state index contributed by atoms with van der Waals surface area (Å²) in [5.41, 5.74) is 0.707. The summed E-state index contributed by atoms with van der Waals surface area (Å²) in [6.07, 6.45) is -0.755. The molecule has 2 heterocycles. The van der Waals surface area contributed by atoms with Crippen LogP contribution in [0.15, 0.2) is 59.5 Å². The van der Waals surface area contributed by atoms with E-state index in [1.54, 1.807) is 12.1 Å². The maximum Gasteiger partial charge on any atom is 0.243 e. The molecule has 2 aromatic rings. The molecule has 0 bridgehead atoms. The van der Waals surface area contributed by atoms with Crippen LogP contribution in [0.25, 0.3) is 0 Å². The zero-order valence-electron chi connectivity index (χ0n) is 18.0. The number of β-amino-alcohol motifs (C(OH)–C–C–N with tert-alkyl or cyclic N) is 1. The molecule has 178 valence electrons. The van der Waals surface area contributed by atoms with Gasteiger partial charge in [-0.15, -0.1) is 0 Å². The number of nitrogens with zero attached hydrogens (tertiary/aromatic N) is 1. The molecule has 1 amide bonds. The fourth-order valence-electron chi connectivity index (χ4n) is 4.27. The fraction of sp³-hybridized carbons (Fsp3) is 0.435. The van der Waals surface area contributed by atoms with E-state index in [-0.39, 0.29) is 43.1 Å². The number of rotatable bonds is 5. The molecule has 0 radical (unpaired) electrons. The minimum absolute atomic E-state index is 0.00664. The second-order valence-electron chi connectivity index (χ2n) is 8.28. The van der Waals surface area contributed by atoms with Gasteiger partial charge < -0.3 is 19.9 Å². The summed E-state index contributed by atoms with van der Waals surface area (Å²) in [6, 6.07) is 14.7. The molecule has 0 unspecified atom stereocenters. The van der Waals surface area contributed by atoms with Gasteiger partial charge in [-0.3, -0.25) is 4.79 Å². The maximum absolute atomic E-state index is 13.5. The molecular formula is C23H27ClN2O6S. The Morgan fingerprint density at radius 2 is 1.91 bits per heavy atom. The van der Waals surface area contributed by atoms with Crippen molar-refractivity contribution in [2.24, 2.45) is 0 Å². The number of anilines is 1. The van der Waals surface area contributed by atoms with Crippen molar-refractivity contribution in [1.29, 1.82) is 0 Å². The summed E-state index contributed by atoms with van der Waals surface area (Å²) < 4.78 is 40.0. The number of carbonyl (C=O) groups excluding carboxylic acids is 1. The van der Waals surface area contributed by atoms with Gasteiger partial charge in [0.25, 0.3) is 0 Å². The van der Waals surface area contributed by atoms with Crippen molar-refractivity contribution in [3.63, 3.8) is 0 Å². The average Bonchev–Trinajstić information content (AvgIpc) is 2.77. The van der Waals surface area contributed by atoms with E-state index in [0.29, 0.717) is 23.6 Å². The minimum atomic E-state index is -3.93. The van der Waals surface area contributed by atoms with Gasteiger partial charge in [-0.2, -0.15) is 4.31 Å². The molecule has 0 spiro atoms. The second-order valence-corrected chi connectivity index (χ2v) is 10.6. The summed E-state index contributed by atoms with van der Waals surface area (Å²) in [6.45, 7) is 0.00589. The monoisotopic (exact) mass is 494 g/mol. The zero-order valence-corrected chi connectivity index (χ0v) is 19.5. The van der Waals surface area contributed by atoms with Gasteiger partial charge in [-0.25, -0.2) is 8.42 Å². The van der Waals surface area contributed by atoms with Crippen LogP contribution in [0.1, 0.15) is 19.3 Å². The number of halogens is 1. The molecule has 0 aromatic heterocycles. The number of fused-ring (bicyclic) bond motifs is 1. The molecule has 10 heteroatoms. The van der Waals surface area contributed by atoms with Crippen molar-refractivity contribution in [1.82, 2.24) is 4.31 Å². The highest BCUT2D eigenvalue weighted by Gasteiger charge is 2.43. The predicted molar refractivity (Wildman–Crippen MR) is 124 cm³/mol. The molecule has 33 heavy (non-hydrogen) atoms. The van der Waals surface area contributed by atoms with Crippen LogP contribution in [-0.4, -0.2) is 67.8 Å². The third-order valence-electron chi connectivity index (χ3n) is 5.81. The van der Waals surface area contributed by atoms with Crippen LogP contribution in [0.4, 0.5) is 5.69 Å². The van der Waals surface area contributed by atoms with Crippen LogP contribution in [0, 0.1) is 0 Å². The maximum atomic E-state index is 13.5. The second kappa shape index (κ2) is 10.5. The van der Waals surface area contributed by atoms with Crippen molar-refractivity contribution in [2.75, 3.05) is 25.1 Å². The van der Waals surface area contributed by atoms with E-state index in [2.05, 4.69) is 5.32 Å². The van der Waals surface area contributed by atoms with Crippen molar-refractivity contribution in [3.8, 4) is 0 Å². The van der Waals surface area contributed by atoms with E-state index in [1.807, 2.05) is 30.3 Å². The van der Waals surface area contributed by atoms with Crippen LogP contribution >= 0.6 is 11.6 Å². The Bertz CT molecular complexity index is 1070. The molecule has 4 atom stereocenters. The van der Waals surface area contributed by atoms with Gasteiger partial charge in [-0.05, 0) is 43.2 Å². The van der Waals surface area contributed by atoms with Gasteiger partial charge in [0.1, 0.15) is 0 Å². The van der Waals surface area contributed by atoms with Gasteiger partial charge in [-0.1, -0.05) is 35.9 Å². The van der Waals surface area contributed by atoms with Crippen LogP contribution in [-0.2, 0) is 24.3 Å². The third kappa shape index (κ3) is 5.92. The number of carbonyl (C=O) groups is 1.